The minimum atomic E-state index is -0.911. The van der Waals surface area contributed by atoms with Crippen LogP contribution in [0, 0.1) is 0 Å². The summed E-state index contributed by atoms with van der Waals surface area (Å²) in [6, 6.07) is 9.98. The summed E-state index contributed by atoms with van der Waals surface area (Å²) < 4.78 is 7.46. The Labute approximate surface area is 169 Å². The van der Waals surface area contributed by atoms with Crippen molar-refractivity contribution in [2.45, 2.75) is 18.1 Å². The van der Waals surface area contributed by atoms with E-state index in [2.05, 4.69) is 19.8 Å². The minimum Gasteiger partial charge on any atom is -0.383 e. The predicted octanol–water partition coefficient (Wildman–Crippen LogP) is 1.16. The molecule has 1 aromatic carbocycles. The molecule has 8 nitrogen and oxygen atoms in total. The van der Waals surface area contributed by atoms with Gasteiger partial charge in [-0.2, -0.15) is 4.98 Å². The monoisotopic (exact) mass is 394 g/mol. The Morgan fingerprint density at radius 3 is 2.69 bits per heavy atom. The van der Waals surface area contributed by atoms with Crippen molar-refractivity contribution >= 4 is 17.1 Å². The van der Waals surface area contributed by atoms with Crippen molar-refractivity contribution in [3.63, 3.8) is 0 Å². The number of imidazole rings is 1. The van der Waals surface area contributed by atoms with Crippen molar-refractivity contribution in [2.75, 3.05) is 44.3 Å². The lowest BCUT2D eigenvalue weighted by molar-refractivity contribution is -0.0912. The van der Waals surface area contributed by atoms with Gasteiger partial charge < -0.3 is 19.3 Å². The molecule has 0 spiro atoms. The fourth-order valence-corrected chi connectivity index (χ4v) is 4.54. The molecule has 2 atom stereocenters. The number of morpholine rings is 1. The van der Waals surface area contributed by atoms with Gasteiger partial charge in [0.25, 0.3) is 0 Å². The van der Waals surface area contributed by atoms with E-state index in [1.165, 1.54) is 0 Å². The van der Waals surface area contributed by atoms with Gasteiger partial charge in [0, 0.05) is 33.2 Å². The van der Waals surface area contributed by atoms with Crippen molar-refractivity contribution < 1.29 is 9.84 Å². The molecule has 2 saturated heterocycles. The van der Waals surface area contributed by atoms with Crippen molar-refractivity contribution in [3.05, 3.63) is 48.4 Å². The standard InChI is InChI=1S/C21H26N6O2/c1-25-15-23-17-13-22-20(24-19(17)25)27-8-7-21(28,16-5-3-2-4-6-16)18(14-27)26-9-11-29-12-10-26/h2-6,13,15,18,28H,7-12,14H2,1H3/t18-,21+/m1/s1. The Hall–Kier alpha value is -2.55. The fraction of sp³-hybridized carbons (Fsp3) is 0.476. The van der Waals surface area contributed by atoms with E-state index in [9.17, 15) is 5.11 Å². The first-order valence-corrected chi connectivity index (χ1v) is 10.1. The molecule has 8 heteroatoms. The van der Waals surface area contributed by atoms with E-state index in [0.717, 1.165) is 29.8 Å². The van der Waals surface area contributed by atoms with E-state index >= 15 is 0 Å². The Bertz CT molecular complexity index is 987. The average Bonchev–Trinajstić information content (AvgIpc) is 3.15. The zero-order chi connectivity index (χ0) is 19.8. The number of aryl methyl sites for hydroxylation is 1. The van der Waals surface area contributed by atoms with Gasteiger partial charge >= 0.3 is 0 Å². The highest BCUT2D eigenvalue weighted by molar-refractivity contribution is 5.70. The van der Waals surface area contributed by atoms with Gasteiger partial charge in [-0.05, 0) is 12.0 Å². The summed E-state index contributed by atoms with van der Waals surface area (Å²) in [5, 5.41) is 11.8. The Kier molecular flexibility index (Phi) is 4.69. The third-order valence-corrected chi connectivity index (χ3v) is 6.19. The first kappa shape index (κ1) is 18.5. The average molecular weight is 394 g/mol. The topological polar surface area (TPSA) is 79.5 Å². The van der Waals surface area contributed by atoms with E-state index in [0.29, 0.717) is 38.7 Å². The van der Waals surface area contributed by atoms with Crippen molar-refractivity contribution in [2.24, 2.45) is 7.05 Å². The number of aliphatic hydroxyl groups is 1. The first-order valence-electron chi connectivity index (χ1n) is 10.1. The molecule has 2 aliphatic rings. The lowest BCUT2D eigenvalue weighted by Crippen LogP contribution is -2.62. The molecule has 2 aromatic heterocycles. The van der Waals surface area contributed by atoms with Crippen LogP contribution in [0.4, 0.5) is 5.95 Å². The van der Waals surface area contributed by atoms with Crippen molar-refractivity contribution in [1.29, 1.82) is 0 Å². The number of aromatic nitrogens is 4. The third-order valence-electron chi connectivity index (χ3n) is 6.19. The number of fused-ring (bicyclic) bond motifs is 1. The second kappa shape index (κ2) is 7.37. The quantitative estimate of drug-likeness (QED) is 0.714. The predicted molar refractivity (Wildman–Crippen MR) is 110 cm³/mol. The molecule has 4 heterocycles. The highest BCUT2D eigenvalue weighted by Gasteiger charge is 2.46. The summed E-state index contributed by atoms with van der Waals surface area (Å²) in [6.45, 7) is 4.37. The van der Waals surface area contributed by atoms with Crippen molar-refractivity contribution in [3.8, 4) is 0 Å². The van der Waals surface area contributed by atoms with Gasteiger partial charge in [-0.15, -0.1) is 0 Å². The van der Waals surface area contributed by atoms with Gasteiger partial charge in [-0.3, -0.25) is 4.90 Å². The molecular formula is C21H26N6O2. The number of piperidine rings is 1. The normalized spacial score (nSPS) is 26.1. The summed E-state index contributed by atoms with van der Waals surface area (Å²) >= 11 is 0. The van der Waals surface area contributed by atoms with Crippen LogP contribution in [-0.2, 0) is 17.4 Å². The molecule has 0 unspecified atom stereocenters. The van der Waals surface area contributed by atoms with Crippen LogP contribution in [0.5, 0.6) is 0 Å². The van der Waals surface area contributed by atoms with Gasteiger partial charge in [0.1, 0.15) is 11.1 Å². The molecule has 2 fully saturated rings. The number of hydrogen-bond acceptors (Lipinski definition) is 7. The first-order chi connectivity index (χ1) is 14.1. The summed E-state index contributed by atoms with van der Waals surface area (Å²) in [5.41, 5.74) is 1.67. The molecule has 3 aromatic rings. The number of benzene rings is 1. The number of anilines is 1. The molecule has 152 valence electrons. The Morgan fingerprint density at radius 1 is 1.10 bits per heavy atom. The summed E-state index contributed by atoms with van der Waals surface area (Å²) in [4.78, 5) is 18.2. The van der Waals surface area contributed by atoms with E-state index < -0.39 is 5.60 Å². The second-order valence-electron chi connectivity index (χ2n) is 7.88. The Balaban J connectivity index is 1.49. The van der Waals surface area contributed by atoms with E-state index in [-0.39, 0.29) is 6.04 Å². The zero-order valence-corrected chi connectivity index (χ0v) is 16.6. The lowest BCUT2D eigenvalue weighted by atomic mass is 9.79. The number of ether oxygens (including phenoxy) is 1. The molecule has 0 aliphatic carbocycles. The lowest BCUT2D eigenvalue weighted by Gasteiger charge is -2.50. The van der Waals surface area contributed by atoms with Crippen molar-refractivity contribution in [1.82, 2.24) is 24.4 Å². The number of nitrogens with zero attached hydrogens (tertiary/aromatic N) is 6. The van der Waals surface area contributed by atoms with Crippen LogP contribution < -0.4 is 4.90 Å². The summed E-state index contributed by atoms with van der Waals surface area (Å²) in [6.07, 6.45) is 4.15. The van der Waals surface area contributed by atoms with Crippen LogP contribution >= 0.6 is 0 Å². The maximum atomic E-state index is 11.8. The van der Waals surface area contributed by atoms with Gasteiger partial charge in [0.05, 0.1) is 31.8 Å². The summed E-state index contributed by atoms with van der Waals surface area (Å²) in [7, 11) is 1.94. The van der Waals surface area contributed by atoms with Crippen LogP contribution in [0.25, 0.3) is 11.2 Å². The minimum absolute atomic E-state index is 0.0617. The summed E-state index contributed by atoms with van der Waals surface area (Å²) in [5.74, 6) is 0.689. The van der Waals surface area contributed by atoms with Gasteiger partial charge in [0.2, 0.25) is 5.95 Å². The molecule has 2 aliphatic heterocycles. The van der Waals surface area contributed by atoms with E-state index in [1.807, 2.05) is 41.9 Å². The molecule has 0 amide bonds. The number of hydrogen-bond donors (Lipinski definition) is 1. The van der Waals surface area contributed by atoms with Gasteiger partial charge in [-0.25, -0.2) is 9.97 Å². The van der Waals surface area contributed by atoms with Crippen LogP contribution in [0.3, 0.4) is 0 Å². The highest BCUT2D eigenvalue weighted by Crippen LogP contribution is 2.37. The van der Waals surface area contributed by atoms with Gasteiger partial charge in [0.15, 0.2) is 5.65 Å². The maximum absolute atomic E-state index is 11.8. The SMILES string of the molecule is Cn1cnc2cnc(N3CC[C@](O)(c4ccccc4)[C@H](N4CCOCC4)C3)nc21. The molecule has 0 radical (unpaired) electrons. The van der Waals surface area contributed by atoms with Crippen LogP contribution in [-0.4, -0.2) is 75.0 Å². The second-order valence-corrected chi connectivity index (χ2v) is 7.88. The van der Waals surface area contributed by atoms with Crippen LogP contribution in [0.15, 0.2) is 42.9 Å². The molecule has 1 N–H and O–H groups in total. The van der Waals surface area contributed by atoms with Gasteiger partial charge in [-0.1, -0.05) is 30.3 Å². The van der Waals surface area contributed by atoms with E-state index in [1.54, 1.807) is 12.5 Å². The molecule has 0 bridgehead atoms. The third kappa shape index (κ3) is 3.27. The zero-order valence-electron chi connectivity index (χ0n) is 16.6. The number of rotatable bonds is 3. The highest BCUT2D eigenvalue weighted by atomic mass is 16.5. The molecule has 0 saturated carbocycles. The smallest absolute Gasteiger partial charge is 0.227 e. The maximum Gasteiger partial charge on any atom is 0.227 e. The van der Waals surface area contributed by atoms with Crippen LogP contribution in [0.1, 0.15) is 12.0 Å². The molecule has 5 rings (SSSR count). The molecular weight excluding hydrogens is 368 g/mol. The van der Waals surface area contributed by atoms with Crippen LogP contribution in [0.2, 0.25) is 0 Å². The Morgan fingerprint density at radius 2 is 1.90 bits per heavy atom. The fourth-order valence-electron chi connectivity index (χ4n) is 4.54. The largest absolute Gasteiger partial charge is 0.383 e. The van der Waals surface area contributed by atoms with E-state index in [4.69, 9.17) is 9.72 Å². The molecule has 29 heavy (non-hydrogen) atoms.